The van der Waals surface area contributed by atoms with Gasteiger partial charge in [0.2, 0.25) is 5.91 Å². The van der Waals surface area contributed by atoms with E-state index in [-0.39, 0.29) is 24.2 Å². The number of ketones is 1. The Morgan fingerprint density at radius 1 is 1.42 bits per heavy atom. The van der Waals surface area contributed by atoms with E-state index in [1.165, 1.54) is 6.92 Å². The number of aromatic nitrogens is 2. The fourth-order valence-electron chi connectivity index (χ4n) is 2.05. The van der Waals surface area contributed by atoms with Gasteiger partial charge in [-0.1, -0.05) is 20.8 Å². The van der Waals surface area contributed by atoms with Crippen LogP contribution >= 0.6 is 0 Å². The Balaban J connectivity index is 2.64. The number of nitrogens with zero attached hydrogens (tertiary/aromatic N) is 2. The van der Waals surface area contributed by atoms with E-state index in [0.29, 0.717) is 0 Å². The maximum atomic E-state index is 12.0. The van der Waals surface area contributed by atoms with Gasteiger partial charge in [0, 0.05) is 18.8 Å². The lowest BCUT2D eigenvalue weighted by Crippen LogP contribution is -2.44. The Morgan fingerprint density at radius 3 is 2.63 bits per heavy atom. The predicted molar refractivity (Wildman–Crippen MR) is 73.7 cm³/mol. The quantitative estimate of drug-likeness (QED) is 0.814. The van der Waals surface area contributed by atoms with E-state index in [1.54, 1.807) is 12.4 Å². The second-order valence-corrected chi connectivity index (χ2v) is 5.12. The van der Waals surface area contributed by atoms with Crippen LogP contribution in [0.2, 0.25) is 0 Å². The zero-order valence-corrected chi connectivity index (χ0v) is 12.1. The Labute approximate surface area is 114 Å². The Morgan fingerprint density at radius 2 is 2.11 bits per heavy atom. The number of imidazole rings is 1. The fourth-order valence-corrected chi connectivity index (χ4v) is 2.05. The summed E-state index contributed by atoms with van der Waals surface area (Å²) in [6.07, 6.45) is 5.33. The summed E-state index contributed by atoms with van der Waals surface area (Å²) in [6.45, 7) is 7.64. The van der Waals surface area contributed by atoms with Gasteiger partial charge in [0.1, 0.15) is 12.4 Å². The predicted octanol–water partition coefficient (Wildman–Crippen LogP) is 1.57. The number of carbonyl (C=O) groups is 2. The van der Waals surface area contributed by atoms with Gasteiger partial charge in [0.25, 0.3) is 0 Å². The lowest BCUT2D eigenvalue weighted by Gasteiger charge is -2.19. The van der Waals surface area contributed by atoms with Crippen molar-refractivity contribution in [3.05, 3.63) is 18.2 Å². The summed E-state index contributed by atoms with van der Waals surface area (Å²) in [5, 5.41) is 2.79. The molecule has 1 amide bonds. The zero-order valence-electron chi connectivity index (χ0n) is 12.1. The molecule has 0 aliphatic rings. The SMILES string of the molecule is CCCc1nccn1CC(=O)NC(C(C)=O)C(C)C. The largest absolute Gasteiger partial charge is 0.344 e. The summed E-state index contributed by atoms with van der Waals surface area (Å²) in [5.74, 6) is 0.841. The minimum absolute atomic E-state index is 0.0113. The first-order valence-electron chi connectivity index (χ1n) is 6.75. The lowest BCUT2D eigenvalue weighted by molar-refractivity contribution is -0.128. The van der Waals surface area contributed by atoms with Crippen LogP contribution in [0.25, 0.3) is 0 Å². The highest BCUT2D eigenvalue weighted by Gasteiger charge is 2.20. The Kier molecular flexibility index (Phi) is 5.73. The molecule has 0 spiro atoms. The van der Waals surface area contributed by atoms with Crippen LogP contribution in [-0.4, -0.2) is 27.3 Å². The molecule has 0 fully saturated rings. The molecule has 1 aromatic heterocycles. The van der Waals surface area contributed by atoms with Gasteiger partial charge < -0.3 is 9.88 Å². The smallest absolute Gasteiger partial charge is 0.240 e. The Bertz CT molecular complexity index is 438. The van der Waals surface area contributed by atoms with Gasteiger partial charge in [-0.15, -0.1) is 0 Å². The molecule has 106 valence electrons. The van der Waals surface area contributed by atoms with Gasteiger partial charge >= 0.3 is 0 Å². The number of Topliss-reactive ketones (excluding diaryl/α,β-unsaturated/α-hetero) is 1. The topological polar surface area (TPSA) is 64.0 Å². The summed E-state index contributed by atoms with van der Waals surface area (Å²) >= 11 is 0. The van der Waals surface area contributed by atoms with Crippen molar-refractivity contribution in [1.82, 2.24) is 14.9 Å². The van der Waals surface area contributed by atoms with Crippen molar-refractivity contribution in [3.63, 3.8) is 0 Å². The molecule has 0 aliphatic carbocycles. The summed E-state index contributed by atoms with van der Waals surface area (Å²) < 4.78 is 1.83. The van der Waals surface area contributed by atoms with Gasteiger partial charge in [-0.05, 0) is 19.3 Å². The summed E-state index contributed by atoms with van der Waals surface area (Å²) in [4.78, 5) is 27.7. The second-order valence-electron chi connectivity index (χ2n) is 5.12. The molecule has 0 bridgehead atoms. The van der Waals surface area contributed by atoms with Crippen molar-refractivity contribution in [1.29, 1.82) is 0 Å². The Hall–Kier alpha value is -1.65. The average Bonchev–Trinajstić information content (AvgIpc) is 2.73. The molecule has 1 N–H and O–H groups in total. The third-order valence-electron chi connectivity index (χ3n) is 3.01. The van der Waals surface area contributed by atoms with Crippen LogP contribution in [0.5, 0.6) is 0 Å². The summed E-state index contributed by atoms with van der Waals surface area (Å²) in [7, 11) is 0. The summed E-state index contributed by atoms with van der Waals surface area (Å²) in [6, 6.07) is -0.411. The molecule has 1 heterocycles. The van der Waals surface area contributed by atoms with Gasteiger partial charge in [-0.25, -0.2) is 4.98 Å². The molecule has 1 aromatic rings. The van der Waals surface area contributed by atoms with E-state index in [9.17, 15) is 9.59 Å². The monoisotopic (exact) mass is 265 g/mol. The molecule has 0 saturated heterocycles. The number of hydrogen-bond donors (Lipinski definition) is 1. The van der Waals surface area contributed by atoms with Gasteiger partial charge in [-0.3, -0.25) is 9.59 Å². The third-order valence-corrected chi connectivity index (χ3v) is 3.01. The molecule has 0 saturated carbocycles. The maximum absolute atomic E-state index is 12.0. The third kappa shape index (κ3) is 4.50. The molecule has 1 unspecified atom stereocenters. The number of amides is 1. The molecule has 0 radical (unpaired) electrons. The van der Waals surface area contributed by atoms with Crippen LogP contribution in [0.4, 0.5) is 0 Å². The highest BCUT2D eigenvalue weighted by Crippen LogP contribution is 2.04. The first kappa shape index (κ1) is 15.4. The molecule has 1 rings (SSSR count). The fraction of sp³-hybridized carbons (Fsp3) is 0.643. The van der Waals surface area contributed by atoms with Crippen molar-refractivity contribution < 1.29 is 9.59 Å². The van der Waals surface area contributed by atoms with E-state index >= 15 is 0 Å². The van der Waals surface area contributed by atoms with Crippen molar-refractivity contribution >= 4 is 11.7 Å². The van der Waals surface area contributed by atoms with Gasteiger partial charge in [0.05, 0.1) is 6.04 Å². The van der Waals surface area contributed by atoms with Crippen LogP contribution in [0.1, 0.15) is 39.9 Å². The van der Waals surface area contributed by atoms with E-state index < -0.39 is 6.04 Å². The average molecular weight is 265 g/mol. The van der Waals surface area contributed by atoms with Crippen LogP contribution in [0.15, 0.2) is 12.4 Å². The molecule has 0 aliphatic heterocycles. The van der Waals surface area contributed by atoms with E-state index in [1.807, 2.05) is 18.4 Å². The normalized spacial score (nSPS) is 12.5. The second kappa shape index (κ2) is 7.07. The van der Waals surface area contributed by atoms with E-state index in [2.05, 4.69) is 17.2 Å². The van der Waals surface area contributed by atoms with Gasteiger partial charge in [-0.2, -0.15) is 0 Å². The van der Waals surface area contributed by atoms with Crippen molar-refractivity contribution in [2.45, 2.75) is 53.1 Å². The summed E-state index contributed by atoms with van der Waals surface area (Å²) in [5.41, 5.74) is 0. The first-order valence-corrected chi connectivity index (χ1v) is 6.75. The van der Waals surface area contributed by atoms with E-state index in [4.69, 9.17) is 0 Å². The first-order chi connectivity index (χ1) is 8.95. The van der Waals surface area contributed by atoms with Crippen molar-refractivity contribution in [3.8, 4) is 0 Å². The molecule has 19 heavy (non-hydrogen) atoms. The minimum atomic E-state index is -0.411. The number of hydrogen-bond acceptors (Lipinski definition) is 3. The zero-order chi connectivity index (χ0) is 14.4. The highest BCUT2D eigenvalue weighted by atomic mass is 16.2. The molecule has 0 aromatic carbocycles. The molecular weight excluding hydrogens is 242 g/mol. The maximum Gasteiger partial charge on any atom is 0.240 e. The van der Waals surface area contributed by atoms with Crippen molar-refractivity contribution in [2.75, 3.05) is 0 Å². The number of nitrogens with one attached hydrogen (secondary N) is 1. The minimum Gasteiger partial charge on any atom is -0.344 e. The molecule has 5 nitrogen and oxygen atoms in total. The number of aryl methyl sites for hydroxylation is 1. The standard InChI is InChI=1S/C14H23N3O2/c1-5-6-12-15-7-8-17(12)9-13(19)16-14(10(2)3)11(4)18/h7-8,10,14H,5-6,9H2,1-4H3,(H,16,19). The number of carbonyl (C=O) groups excluding carboxylic acids is 2. The highest BCUT2D eigenvalue weighted by molar-refractivity contribution is 5.87. The molecular formula is C14H23N3O2. The lowest BCUT2D eigenvalue weighted by atomic mass is 10.0. The molecule has 5 heteroatoms. The van der Waals surface area contributed by atoms with Crippen LogP contribution in [-0.2, 0) is 22.6 Å². The molecule has 1 atom stereocenters. The van der Waals surface area contributed by atoms with E-state index in [0.717, 1.165) is 18.7 Å². The number of rotatable bonds is 7. The van der Waals surface area contributed by atoms with Crippen LogP contribution in [0, 0.1) is 5.92 Å². The van der Waals surface area contributed by atoms with Crippen molar-refractivity contribution in [2.24, 2.45) is 5.92 Å². The van der Waals surface area contributed by atoms with Crippen LogP contribution < -0.4 is 5.32 Å². The van der Waals surface area contributed by atoms with Crippen LogP contribution in [0.3, 0.4) is 0 Å². The van der Waals surface area contributed by atoms with Gasteiger partial charge in [0.15, 0.2) is 5.78 Å².